The van der Waals surface area contributed by atoms with Crippen LogP contribution >= 0.6 is 0 Å². The lowest BCUT2D eigenvalue weighted by Gasteiger charge is -2.16. The zero-order valence-corrected chi connectivity index (χ0v) is 12.3. The first-order chi connectivity index (χ1) is 10.3. The lowest BCUT2D eigenvalue weighted by molar-refractivity contribution is 0.0899. The predicted octanol–water partition coefficient (Wildman–Crippen LogP) is 2.42. The number of carbonyl (C=O) groups excluding carboxylic acids is 1. The molecule has 2 aromatic rings. The molecule has 21 heavy (non-hydrogen) atoms. The average Bonchev–Trinajstić information content (AvgIpc) is 2.97. The van der Waals surface area contributed by atoms with Crippen LogP contribution in [-0.4, -0.2) is 24.1 Å². The molecule has 0 amide bonds. The second-order valence-corrected chi connectivity index (χ2v) is 5.33. The van der Waals surface area contributed by atoms with Crippen molar-refractivity contribution in [1.82, 2.24) is 9.88 Å². The number of aryl methyl sites for hydroxylation is 1. The van der Waals surface area contributed by atoms with Crippen molar-refractivity contribution < 1.29 is 9.53 Å². The number of ether oxygens (including phenoxy) is 1. The van der Waals surface area contributed by atoms with Gasteiger partial charge < -0.3 is 10.1 Å². The van der Waals surface area contributed by atoms with E-state index in [0.29, 0.717) is 6.42 Å². The average molecular weight is 284 g/mol. The van der Waals surface area contributed by atoms with E-state index in [1.807, 2.05) is 41.1 Å². The zero-order valence-electron chi connectivity index (χ0n) is 12.3. The van der Waals surface area contributed by atoms with Gasteiger partial charge in [-0.25, -0.2) is 0 Å². The van der Waals surface area contributed by atoms with E-state index in [9.17, 15) is 4.79 Å². The fourth-order valence-corrected chi connectivity index (χ4v) is 2.81. The first-order valence-corrected chi connectivity index (χ1v) is 7.34. The van der Waals surface area contributed by atoms with Gasteiger partial charge >= 0.3 is 0 Å². The van der Waals surface area contributed by atoms with Gasteiger partial charge in [-0.15, -0.1) is 0 Å². The normalized spacial score (nSPS) is 13.8. The molecule has 1 aromatic heterocycles. The fourth-order valence-electron chi connectivity index (χ4n) is 2.81. The molecule has 0 unspecified atom stereocenters. The number of fused-ring (bicyclic) bond motifs is 1. The van der Waals surface area contributed by atoms with Crippen molar-refractivity contribution >= 4 is 5.91 Å². The van der Waals surface area contributed by atoms with Crippen LogP contribution in [0.3, 0.4) is 0 Å². The first kappa shape index (κ1) is 13.9. The van der Waals surface area contributed by atoms with Crippen LogP contribution in [0.1, 0.15) is 28.0 Å². The van der Waals surface area contributed by atoms with Crippen molar-refractivity contribution in [2.75, 3.05) is 13.7 Å². The first-order valence-electron chi connectivity index (χ1n) is 7.34. The molecule has 1 aliphatic rings. The van der Waals surface area contributed by atoms with Crippen LogP contribution in [-0.2, 0) is 19.4 Å². The summed E-state index contributed by atoms with van der Waals surface area (Å²) in [6.07, 6.45) is 4.09. The molecule has 0 aliphatic carbocycles. The Morgan fingerprint density at radius 3 is 3.14 bits per heavy atom. The topological polar surface area (TPSA) is 43.3 Å². The monoisotopic (exact) mass is 284 g/mol. The third kappa shape index (κ3) is 3.00. The molecular weight excluding hydrogens is 264 g/mol. The van der Waals surface area contributed by atoms with Crippen molar-refractivity contribution in [1.29, 1.82) is 0 Å². The Morgan fingerprint density at radius 2 is 2.29 bits per heavy atom. The number of benzene rings is 1. The summed E-state index contributed by atoms with van der Waals surface area (Å²) in [6.45, 7) is 1.81. The molecule has 0 spiro atoms. The van der Waals surface area contributed by atoms with Gasteiger partial charge in [0.05, 0.1) is 7.11 Å². The van der Waals surface area contributed by atoms with E-state index in [-0.39, 0.29) is 5.91 Å². The minimum atomic E-state index is 0.168. The zero-order chi connectivity index (χ0) is 14.7. The molecule has 4 heteroatoms. The second kappa shape index (κ2) is 6.14. The van der Waals surface area contributed by atoms with Crippen molar-refractivity contribution in [2.45, 2.75) is 25.8 Å². The molecule has 3 rings (SSSR count). The van der Waals surface area contributed by atoms with Crippen molar-refractivity contribution in [3.63, 3.8) is 0 Å². The van der Waals surface area contributed by atoms with Crippen molar-refractivity contribution in [2.24, 2.45) is 0 Å². The molecule has 0 radical (unpaired) electrons. The molecule has 0 saturated carbocycles. The Balaban J connectivity index is 1.67. The Labute approximate surface area is 124 Å². The maximum absolute atomic E-state index is 12.4. The van der Waals surface area contributed by atoms with E-state index >= 15 is 0 Å². The van der Waals surface area contributed by atoms with Gasteiger partial charge in [0.15, 0.2) is 0 Å². The number of hydrogen-bond acceptors (Lipinski definition) is 3. The predicted molar refractivity (Wildman–Crippen MR) is 81.8 cm³/mol. The SMILES string of the molecule is COc1cccc(CCC(=O)n2ccc3c2CCNC3)c1. The molecule has 0 fully saturated rings. The number of nitrogens with one attached hydrogen (secondary N) is 1. The molecule has 2 heterocycles. The van der Waals surface area contributed by atoms with E-state index in [2.05, 4.69) is 5.32 Å². The fraction of sp³-hybridized carbons (Fsp3) is 0.353. The number of aromatic nitrogens is 1. The van der Waals surface area contributed by atoms with Crippen LogP contribution in [0.2, 0.25) is 0 Å². The van der Waals surface area contributed by atoms with Crippen LogP contribution in [0.25, 0.3) is 0 Å². The highest BCUT2D eigenvalue weighted by Crippen LogP contribution is 2.18. The van der Waals surface area contributed by atoms with Gasteiger partial charge in [0.1, 0.15) is 5.75 Å². The standard InChI is InChI=1S/C17H20N2O2/c1-21-15-4-2-3-13(11-15)5-6-17(20)19-10-8-14-12-18-9-7-16(14)19/h2-4,8,10-11,18H,5-7,9,12H2,1H3. The summed E-state index contributed by atoms with van der Waals surface area (Å²) in [6, 6.07) is 9.95. The minimum Gasteiger partial charge on any atom is -0.497 e. The molecule has 0 bridgehead atoms. The Hall–Kier alpha value is -2.07. The third-order valence-corrected chi connectivity index (χ3v) is 3.97. The molecule has 110 valence electrons. The molecule has 1 N–H and O–H groups in total. The number of nitrogens with zero attached hydrogens (tertiary/aromatic N) is 1. The van der Waals surface area contributed by atoms with Crippen molar-refractivity contribution in [3.05, 3.63) is 53.3 Å². The summed E-state index contributed by atoms with van der Waals surface area (Å²) in [5.41, 5.74) is 3.55. The van der Waals surface area contributed by atoms with E-state index < -0.39 is 0 Å². The number of rotatable bonds is 4. The van der Waals surface area contributed by atoms with E-state index in [4.69, 9.17) is 4.74 Å². The Kier molecular flexibility index (Phi) is 4.06. The van der Waals surface area contributed by atoms with Crippen LogP contribution < -0.4 is 10.1 Å². The van der Waals surface area contributed by atoms with Crippen molar-refractivity contribution in [3.8, 4) is 5.75 Å². The van der Waals surface area contributed by atoms with Gasteiger partial charge in [0.25, 0.3) is 0 Å². The summed E-state index contributed by atoms with van der Waals surface area (Å²) in [4.78, 5) is 12.4. The lowest BCUT2D eigenvalue weighted by Crippen LogP contribution is -2.26. The van der Waals surface area contributed by atoms with E-state index in [1.165, 1.54) is 11.3 Å². The molecule has 1 aromatic carbocycles. The van der Waals surface area contributed by atoms with Crippen LogP contribution in [0.15, 0.2) is 36.5 Å². The summed E-state index contributed by atoms with van der Waals surface area (Å²) in [5, 5.41) is 3.33. The van der Waals surface area contributed by atoms with Crippen LogP contribution in [0, 0.1) is 0 Å². The largest absolute Gasteiger partial charge is 0.497 e. The lowest BCUT2D eigenvalue weighted by atomic mass is 10.1. The van der Waals surface area contributed by atoms with Gasteiger partial charge in [-0.05, 0) is 35.7 Å². The number of hydrogen-bond donors (Lipinski definition) is 1. The summed E-state index contributed by atoms with van der Waals surface area (Å²) in [5.74, 6) is 1.00. The molecular formula is C17H20N2O2. The quantitative estimate of drug-likeness (QED) is 0.937. The highest BCUT2D eigenvalue weighted by atomic mass is 16.5. The minimum absolute atomic E-state index is 0.168. The number of carbonyl (C=O) groups is 1. The van der Waals surface area contributed by atoms with Gasteiger partial charge in [-0.1, -0.05) is 12.1 Å². The summed E-state index contributed by atoms with van der Waals surface area (Å²) in [7, 11) is 1.66. The molecule has 4 nitrogen and oxygen atoms in total. The van der Waals surface area contributed by atoms with Crippen LogP contribution in [0.4, 0.5) is 0 Å². The van der Waals surface area contributed by atoms with Crippen LogP contribution in [0.5, 0.6) is 5.75 Å². The van der Waals surface area contributed by atoms with Gasteiger partial charge in [0.2, 0.25) is 5.91 Å². The van der Waals surface area contributed by atoms with Gasteiger partial charge in [-0.2, -0.15) is 0 Å². The third-order valence-electron chi connectivity index (χ3n) is 3.97. The Morgan fingerprint density at radius 1 is 1.38 bits per heavy atom. The smallest absolute Gasteiger partial charge is 0.231 e. The van der Waals surface area contributed by atoms with E-state index in [1.54, 1.807) is 7.11 Å². The number of methoxy groups -OCH3 is 1. The molecule has 1 aliphatic heterocycles. The Bertz CT molecular complexity index is 646. The summed E-state index contributed by atoms with van der Waals surface area (Å²) >= 11 is 0. The maximum Gasteiger partial charge on any atom is 0.231 e. The van der Waals surface area contributed by atoms with Gasteiger partial charge in [-0.3, -0.25) is 9.36 Å². The van der Waals surface area contributed by atoms with Gasteiger partial charge in [0, 0.05) is 37.8 Å². The highest BCUT2D eigenvalue weighted by molar-refractivity contribution is 5.80. The maximum atomic E-state index is 12.4. The molecule has 0 saturated heterocycles. The summed E-state index contributed by atoms with van der Waals surface area (Å²) < 4.78 is 7.04. The second-order valence-electron chi connectivity index (χ2n) is 5.33. The van der Waals surface area contributed by atoms with E-state index in [0.717, 1.165) is 37.2 Å². The molecule has 0 atom stereocenters. The highest BCUT2D eigenvalue weighted by Gasteiger charge is 2.16.